The number of amides is 1. The van der Waals surface area contributed by atoms with Gasteiger partial charge in [0, 0.05) is 24.7 Å². The summed E-state index contributed by atoms with van der Waals surface area (Å²) in [7, 11) is 0. The van der Waals surface area contributed by atoms with Gasteiger partial charge in [0.15, 0.2) is 11.1 Å². The maximum atomic E-state index is 12.6. The van der Waals surface area contributed by atoms with Crippen molar-refractivity contribution in [3.63, 3.8) is 0 Å². The van der Waals surface area contributed by atoms with E-state index in [0.29, 0.717) is 36.0 Å². The molecule has 2 atom stereocenters. The number of oxazole rings is 1. The fourth-order valence-corrected chi connectivity index (χ4v) is 5.08. The molecule has 5 heterocycles. The van der Waals surface area contributed by atoms with Gasteiger partial charge in [-0.2, -0.15) is 4.98 Å². The molecule has 34 heavy (non-hydrogen) atoms. The van der Waals surface area contributed by atoms with Crippen LogP contribution in [0.3, 0.4) is 0 Å². The number of benzene rings is 1. The monoisotopic (exact) mass is 486 g/mol. The van der Waals surface area contributed by atoms with Crippen molar-refractivity contribution in [2.24, 2.45) is 0 Å². The molecule has 3 saturated heterocycles. The first-order valence-electron chi connectivity index (χ1n) is 11.4. The van der Waals surface area contributed by atoms with Crippen molar-refractivity contribution < 1.29 is 23.8 Å². The summed E-state index contributed by atoms with van der Waals surface area (Å²) in [6.07, 6.45) is 2.43. The lowest BCUT2D eigenvalue weighted by Gasteiger charge is -2.55. The number of ether oxygens (including phenoxy) is 2. The van der Waals surface area contributed by atoms with Gasteiger partial charge in [0.1, 0.15) is 22.0 Å². The van der Waals surface area contributed by atoms with E-state index in [1.807, 2.05) is 57.0 Å². The van der Waals surface area contributed by atoms with Gasteiger partial charge in [-0.25, -0.2) is 9.78 Å². The van der Waals surface area contributed by atoms with Crippen LogP contribution < -0.4 is 9.64 Å². The Morgan fingerprint density at radius 2 is 1.97 bits per heavy atom. The number of hydrogen-bond donors (Lipinski definition) is 1. The summed E-state index contributed by atoms with van der Waals surface area (Å²) in [4.78, 5) is 25.8. The molecule has 10 heteroatoms. The van der Waals surface area contributed by atoms with Crippen LogP contribution in [0.2, 0.25) is 0 Å². The maximum Gasteiger partial charge on any atom is 0.410 e. The van der Waals surface area contributed by atoms with E-state index in [1.54, 1.807) is 6.20 Å². The molecule has 1 aromatic carbocycles. The molecule has 0 radical (unpaired) electrons. The molecule has 3 aliphatic rings. The summed E-state index contributed by atoms with van der Waals surface area (Å²) >= 11 is 1.52. The molecule has 9 nitrogen and oxygen atoms in total. The molecule has 3 aliphatic heterocycles. The van der Waals surface area contributed by atoms with Gasteiger partial charge in [0.05, 0.1) is 24.3 Å². The molecule has 1 N–H and O–H groups in total. The van der Waals surface area contributed by atoms with E-state index in [2.05, 4.69) is 9.88 Å². The van der Waals surface area contributed by atoms with E-state index in [-0.39, 0.29) is 24.8 Å². The van der Waals surface area contributed by atoms with Crippen LogP contribution in [-0.4, -0.2) is 69.0 Å². The van der Waals surface area contributed by atoms with E-state index in [1.165, 1.54) is 11.3 Å². The fourth-order valence-electron chi connectivity index (χ4n) is 4.42. The Hall–Kier alpha value is -2.85. The van der Waals surface area contributed by atoms with Crippen LogP contribution in [0.1, 0.15) is 41.0 Å². The summed E-state index contributed by atoms with van der Waals surface area (Å²) in [6, 6.07) is 4.37. The summed E-state index contributed by atoms with van der Waals surface area (Å²) in [5, 5.41) is 12.4. The minimum absolute atomic E-state index is 0.0612. The lowest BCUT2D eigenvalue weighted by atomic mass is 9.88. The molecular formula is C24H30N4O5S. The summed E-state index contributed by atoms with van der Waals surface area (Å²) in [5.41, 5.74) is 0.740. The van der Waals surface area contributed by atoms with Crippen LogP contribution in [0.4, 0.5) is 10.8 Å². The Bertz CT molecular complexity index is 1190. The van der Waals surface area contributed by atoms with E-state index >= 15 is 0 Å². The number of aromatic nitrogens is 2. The molecule has 3 fully saturated rings. The van der Waals surface area contributed by atoms with Crippen LogP contribution >= 0.6 is 11.3 Å². The smallest absolute Gasteiger partial charge is 0.410 e. The number of thiazole rings is 1. The highest BCUT2D eigenvalue weighted by molar-refractivity contribution is 7.13. The van der Waals surface area contributed by atoms with Crippen LogP contribution in [0, 0.1) is 0 Å². The van der Waals surface area contributed by atoms with Gasteiger partial charge in [0.2, 0.25) is 0 Å². The van der Waals surface area contributed by atoms with Crippen molar-refractivity contribution in [3.05, 3.63) is 23.7 Å². The Morgan fingerprint density at radius 3 is 2.59 bits per heavy atom. The number of carbonyl (C=O) groups excluding carboxylic acids is 1. The first kappa shape index (κ1) is 22.9. The number of anilines is 1. The maximum absolute atomic E-state index is 12.6. The quantitative estimate of drug-likeness (QED) is 0.570. The van der Waals surface area contributed by atoms with Gasteiger partial charge in [0.25, 0.3) is 6.01 Å². The molecule has 2 aromatic heterocycles. The third-order valence-electron chi connectivity index (χ3n) is 5.99. The standard InChI is InChI=1S/C24H30N4O5S/c1-23(2,3)33-22(30)28-14-10-15(28)12-27(11-14)21-26-18-17(32-24(4,5)13-29)7-6-16(19(18)31-21)20-25-8-9-34-20/h6-9,14-15,29H,10-13H2,1-5H3. The minimum Gasteiger partial charge on any atom is -0.483 e. The van der Waals surface area contributed by atoms with Crippen molar-refractivity contribution in [3.8, 4) is 16.3 Å². The molecular weight excluding hydrogens is 456 g/mol. The molecule has 3 aromatic rings. The lowest BCUT2D eigenvalue weighted by Crippen LogP contribution is -2.70. The molecule has 6 rings (SSSR count). The van der Waals surface area contributed by atoms with Crippen molar-refractivity contribution in [2.75, 3.05) is 24.6 Å². The average Bonchev–Trinajstić information content (AvgIpc) is 3.43. The molecule has 2 bridgehead atoms. The van der Waals surface area contributed by atoms with Gasteiger partial charge in [-0.3, -0.25) is 4.90 Å². The molecule has 182 valence electrons. The zero-order chi connectivity index (χ0) is 24.3. The SMILES string of the molecule is CC(C)(C)OC(=O)N1C2CC1CN(c1nc3c(OC(C)(C)CO)ccc(-c4nccs4)c3o1)C2. The Morgan fingerprint density at radius 1 is 1.24 bits per heavy atom. The van der Waals surface area contributed by atoms with Gasteiger partial charge in [-0.15, -0.1) is 11.3 Å². The van der Waals surface area contributed by atoms with Gasteiger partial charge < -0.3 is 23.9 Å². The highest BCUT2D eigenvalue weighted by Gasteiger charge is 2.49. The number of carbonyl (C=O) groups is 1. The Kier molecular flexibility index (Phi) is 5.48. The van der Waals surface area contributed by atoms with E-state index in [4.69, 9.17) is 18.9 Å². The minimum atomic E-state index is -0.768. The van der Waals surface area contributed by atoms with Crippen LogP contribution in [0.25, 0.3) is 21.7 Å². The predicted octanol–water partition coefficient (Wildman–Crippen LogP) is 4.30. The highest BCUT2D eigenvalue weighted by Crippen LogP contribution is 2.41. The average molecular weight is 487 g/mol. The van der Waals surface area contributed by atoms with E-state index < -0.39 is 11.2 Å². The molecule has 0 aliphatic carbocycles. The van der Waals surface area contributed by atoms with Gasteiger partial charge >= 0.3 is 6.09 Å². The zero-order valence-electron chi connectivity index (χ0n) is 20.1. The highest BCUT2D eigenvalue weighted by atomic mass is 32.1. The topological polar surface area (TPSA) is 101 Å². The van der Waals surface area contributed by atoms with Crippen molar-refractivity contribution in [1.29, 1.82) is 0 Å². The van der Waals surface area contributed by atoms with E-state index in [0.717, 1.165) is 17.0 Å². The van der Waals surface area contributed by atoms with Crippen molar-refractivity contribution in [1.82, 2.24) is 14.9 Å². The Labute approximate surface area is 202 Å². The predicted molar refractivity (Wildman–Crippen MR) is 129 cm³/mol. The molecule has 0 spiro atoms. The molecule has 2 unspecified atom stereocenters. The van der Waals surface area contributed by atoms with Crippen molar-refractivity contribution >= 4 is 34.5 Å². The second-order valence-corrected chi connectivity index (χ2v) is 11.4. The zero-order valence-corrected chi connectivity index (χ0v) is 20.9. The third kappa shape index (κ3) is 4.20. The largest absolute Gasteiger partial charge is 0.483 e. The molecule has 1 amide bonds. The normalized spacial score (nSPS) is 20.4. The number of piperazine rings is 1. The number of fused-ring (bicyclic) bond motifs is 3. The third-order valence-corrected chi connectivity index (χ3v) is 6.80. The second kappa shape index (κ2) is 8.13. The van der Waals surface area contributed by atoms with Gasteiger partial charge in [-0.1, -0.05) is 0 Å². The van der Waals surface area contributed by atoms with Crippen LogP contribution in [0.15, 0.2) is 28.1 Å². The number of rotatable bonds is 5. The summed E-state index contributed by atoms with van der Waals surface area (Å²) in [6.45, 7) is 10.4. The molecule has 0 saturated carbocycles. The number of hydrogen-bond acceptors (Lipinski definition) is 9. The van der Waals surface area contributed by atoms with Gasteiger partial charge in [-0.05, 0) is 53.2 Å². The summed E-state index contributed by atoms with van der Waals surface area (Å²) < 4.78 is 18.0. The Balaban J connectivity index is 1.45. The first-order valence-corrected chi connectivity index (χ1v) is 12.3. The first-order chi connectivity index (χ1) is 16.0. The van der Waals surface area contributed by atoms with E-state index in [9.17, 15) is 9.90 Å². The number of nitrogens with zero attached hydrogens (tertiary/aromatic N) is 4. The van der Waals surface area contributed by atoms with Crippen molar-refractivity contribution in [2.45, 2.75) is 64.3 Å². The summed E-state index contributed by atoms with van der Waals surface area (Å²) in [5.74, 6) is 0.543. The number of piperidine rings is 1. The van der Waals surface area contributed by atoms with Crippen LogP contribution in [-0.2, 0) is 4.74 Å². The number of aliphatic hydroxyl groups excluding tert-OH is 1. The lowest BCUT2D eigenvalue weighted by molar-refractivity contribution is -0.0386. The fraction of sp³-hybridized carbons (Fsp3) is 0.542. The van der Waals surface area contributed by atoms with Crippen LogP contribution in [0.5, 0.6) is 5.75 Å². The number of aliphatic hydroxyl groups is 1. The second-order valence-electron chi connectivity index (χ2n) is 10.5.